The van der Waals surface area contributed by atoms with E-state index >= 15 is 0 Å². The minimum absolute atomic E-state index is 0.0811. The molecule has 0 saturated carbocycles. The van der Waals surface area contributed by atoms with Crippen LogP contribution >= 0.6 is 11.8 Å². The summed E-state index contributed by atoms with van der Waals surface area (Å²) in [6.45, 7) is 1.47. The van der Waals surface area contributed by atoms with E-state index < -0.39 is 0 Å². The van der Waals surface area contributed by atoms with Gasteiger partial charge in [0, 0.05) is 17.5 Å². The number of hydrogen-bond acceptors (Lipinski definition) is 3. The molecule has 0 unspecified atom stereocenters. The van der Waals surface area contributed by atoms with Gasteiger partial charge in [0.25, 0.3) is 0 Å². The molecule has 0 fully saturated rings. The van der Waals surface area contributed by atoms with E-state index in [1.807, 2.05) is 24.3 Å². The van der Waals surface area contributed by atoms with Crippen LogP contribution in [0, 0.1) is 11.3 Å². The number of benzene rings is 1. The molecule has 0 saturated heterocycles. The Kier molecular flexibility index (Phi) is 4.02. The van der Waals surface area contributed by atoms with Crippen LogP contribution in [-0.2, 0) is 4.79 Å². The van der Waals surface area contributed by atoms with Crippen molar-refractivity contribution in [1.29, 1.82) is 5.26 Å². The molecule has 0 aliphatic carbocycles. The summed E-state index contributed by atoms with van der Waals surface area (Å²) in [7, 11) is 0. The zero-order chi connectivity index (χ0) is 10.4. The predicted molar refractivity (Wildman–Crippen MR) is 57.1 cm³/mol. The quantitative estimate of drug-likeness (QED) is 0.772. The second kappa shape index (κ2) is 5.30. The highest BCUT2D eigenvalue weighted by Crippen LogP contribution is 2.19. The molecule has 1 rings (SSSR count). The van der Waals surface area contributed by atoms with Gasteiger partial charge in [-0.1, -0.05) is 0 Å². The third-order valence-electron chi connectivity index (χ3n) is 1.48. The summed E-state index contributed by atoms with van der Waals surface area (Å²) in [5.74, 6) is 0.363. The van der Waals surface area contributed by atoms with Gasteiger partial charge in [-0.15, -0.1) is 11.8 Å². The summed E-state index contributed by atoms with van der Waals surface area (Å²) >= 11 is 1.47. The number of nitrogens with zero attached hydrogens (tertiary/aromatic N) is 1. The third kappa shape index (κ3) is 3.50. The molecule has 14 heavy (non-hydrogen) atoms. The van der Waals surface area contributed by atoms with Crippen molar-refractivity contribution in [3.05, 3.63) is 24.3 Å². The van der Waals surface area contributed by atoms with Crippen molar-refractivity contribution in [3.63, 3.8) is 0 Å². The van der Waals surface area contributed by atoms with Crippen LogP contribution in [0.4, 0.5) is 5.69 Å². The lowest BCUT2D eigenvalue weighted by Gasteiger charge is -2.02. The lowest BCUT2D eigenvalue weighted by molar-refractivity contribution is -0.114. The minimum atomic E-state index is -0.0811. The van der Waals surface area contributed by atoms with Gasteiger partial charge in [-0.3, -0.25) is 4.79 Å². The largest absolute Gasteiger partial charge is 0.326 e. The molecular formula is C10H10N2OS. The highest BCUT2D eigenvalue weighted by Gasteiger charge is 1.96. The molecule has 1 amide bonds. The number of anilines is 1. The zero-order valence-corrected chi connectivity index (χ0v) is 8.60. The maximum Gasteiger partial charge on any atom is 0.221 e. The maximum absolute atomic E-state index is 10.7. The minimum Gasteiger partial charge on any atom is -0.326 e. The Bertz CT molecular complexity index is 353. The maximum atomic E-state index is 10.7. The number of nitriles is 1. The Morgan fingerprint density at radius 2 is 2.14 bits per heavy atom. The lowest BCUT2D eigenvalue weighted by atomic mass is 10.3. The summed E-state index contributed by atoms with van der Waals surface area (Å²) < 4.78 is 0. The summed E-state index contributed by atoms with van der Waals surface area (Å²) in [5, 5.41) is 11.0. The number of rotatable bonds is 3. The molecule has 1 aromatic rings. The average Bonchev–Trinajstić information content (AvgIpc) is 2.16. The fraction of sp³-hybridized carbons (Fsp3) is 0.200. The number of thioether (sulfide) groups is 1. The number of hydrogen-bond donors (Lipinski definition) is 1. The van der Waals surface area contributed by atoms with Crippen LogP contribution in [0.15, 0.2) is 29.2 Å². The standard InChI is InChI=1S/C10H10N2OS/c1-8(13)12-9-2-4-10(5-3-9)14-7-6-11/h2-5H,7H2,1H3,(H,12,13). The summed E-state index contributed by atoms with van der Waals surface area (Å²) in [4.78, 5) is 11.7. The molecule has 0 atom stereocenters. The van der Waals surface area contributed by atoms with E-state index in [1.54, 1.807) is 0 Å². The van der Waals surface area contributed by atoms with Gasteiger partial charge < -0.3 is 5.32 Å². The van der Waals surface area contributed by atoms with E-state index in [9.17, 15) is 4.79 Å². The summed E-state index contributed by atoms with van der Waals surface area (Å²) in [6.07, 6.45) is 0. The molecule has 0 aromatic heterocycles. The van der Waals surface area contributed by atoms with Crippen LogP contribution in [0.1, 0.15) is 6.92 Å². The molecule has 0 bridgehead atoms. The molecule has 4 heteroatoms. The van der Waals surface area contributed by atoms with Crippen molar-refractivity contribution in [3.8, 4) is 6.07 Å². The van der Waals surface area contributed by atoms with Gasteiger partial charge in [-0.25, -0.2) is 0 Å². The van der Waals surface area contributed by atoms with E-state index in [1.165, 1.54) is 18.7 Å². The van der Waals surface area contributed by atoms with Gasteiger partial charge in [-0.05, 0) is 24.3 Å². The number of carbonyl (C=O) groups excluding carboxylic acids is 1. The highest BCUT2D eigenvalue weighted by molar-refractivity contribution is 7.99. The van der Waals surface area contributed by atoms with Gasteiger partial charge in [-0.2, -0.15) is 5.26 Å². The molecule has 0 heterocycles. The van der Waals surface area contributed by atoms with E-state index in [-0.39, 0.29) is 5.91 Å². The van der Waals surface area contributed by atoms with Crippen LogP contribution in [0.25, 0.3) is 0 Å². The normalized spacial score (nSPS) is 9.14. The molecule has 1 N–H and O–H groups in total. The van der Waals surface area contributed by atoms with Crippen molar-refractivity contribution in [1.82, 2.24) is 0 Å². The molecule has 0 radical (unpaired) electrons. The van der Waals surface area contributed by atoms with Gasteiger partial charge in [0.05, 0.1) is 11.8 Å². The van der Waals surface area contributed by atoms with Crippen molar-refractivity contribution in [2.45, 2.75) is 11.8 Å². The molecule has 3 nitrogen and oxygen atoms in total. The van der Waals surface area contributed by atoms with Crippen LogP contribution in [-0.4, -0.2) is 11.7 Å². The monoisotopic (exact) mass is 206 g/mol. The fourth-order valence-electron chi connectivity index (χ4n) is 0.953. The van der Waals surface area contributed by atoms with E-state index in [4.69, 9.17) is 5.26 Å². The number of amides is 1. The first-order valence-corrected chi connectivity index (χ1v) is 5.08. The van der Waals surface area contributed by atoms with Crippen molar-refractivity contribution < 1.29 is 4.79 Å². The van der Waals surface area contributed by atoms with Gasteiger partial charge in [0.2, 0.25) is 5.91 Å². The van der Waals surface area contributed by atoms with Crippen molar-refractivity contribution >= 4 is 23.4 Å². The van der Waals surface area contributed by atoms with Crippen LogP contribution < -0.4 is 5.32 Å². The molecule has 0 spiro atoms. The first-order valence-electron chi connectivity index (χ1n) is 4.10. The van der Waals surface area contributed by atoms with Crippen molar-refractivity contribution in [2.24, 2.45) is 0 Å². The van der Waals surface area contributed by atoms with Crippen LogP contribution in [0.5, 0.6) is 0 Å². The van der Waals surface area contributed by atoms with Crippen LogP contribution in [0.3, 0.4) is 0 Å². The Hall–Kier alpha value is -1.47. The first-order chi connectivity index (χ1) is 6.72. The van der Waals surface area contributed by atoms with Gasteiger partial charge in [0.1, 0.15) is 0 Å². The first kappa shape index (κ1) is 10.6. The molecule has 72 valence electrons. The second-order valence-electron chi connectivity index (χ2n) is 2.65. The second-order valence-corrected chi connectivity index (χ2v) is 3.70. The zero-order valence-electron chi connectivity index (χ0n) is 7.78. The van der Waals surface area contributed by atoms with Gasteiger partial charge >= 0.3 is 0 Å². The highest BCUT2D eigenvalue weighted by atomic mass is 32.2. The van der Waals surface area contributed by atoms with Crippen molar-refractivity contribution in [2.75, 3.05) is 11.1 Å². The Balaban J connectivity index is 2.60. The molecule has 0 aliphatic rings. The summed E-state index contributed by atoms with van der Waals surface area (Å²) in [6, 6.07) is 9.46. The average molecular weight is 206 g/mol. The molecule has 1 aromatic carbocycles. The van der Waals surface area contributed by atoms with E-state index in [2.05, 4.69) is 11.4 Å². The van der Waals surface area contributed by atoms with Crippen LogP contribution in [0.2, 0.25) is 0 Å². The summed E-state index contributed by atoms with van der Waals surface area (Å²) in [5.41, 5.74) is 0.777. The van der Waals surface area contributed by atoms with Gasteiger partial charge in [0.15, 0.2) is 0 Å². The Labute approximate surface area is 87.1 Å². The van der Waals surface area contributed by atoms with E-state index in [0.717, 1.165) is 10.6 Å². The molecular weight excluding hydrogens is 196 g/mol. The van der Waals surface area contributed by atoms with E-state index in [0.29, 0.717) is 5.75 Å². The Morgan fingerprint density at radius 1 is 1.50 bits per heavy atom. The molecule has 0 aliphatic heterocycles. The smallest absolute Gasteiger partial charge is 0.221 e. The number of nitrogens with one attached hydrogen (secondary N) is 1. The fourth-order valence-corrected chi connectivity index (χ4v) is 1.51. The predicted octanol–water partition coefficient (Wildman–Crippen LogP) is 2.26. The Morgan fingerprint density at radius 3 is 2.64 bits per heavy atom. The topological polar surface area (TPSA) is 52.9 Å². The lowest BCUT2D eigenvalue weighted by Crippen LogP contribution is -2.05. The SMILES string of the molecule is CC(=O)Nc1ccc(SCC#N)cc1. The third-order valence-corrected chi connectivity index (χ3v) is 2.36. The number of carbonyl (C=O) groups is 1.